The topological polar surface area (TPSA) is 95.7 Å². The fraction of sp³-hybridized carbons (Fsp3) is 0.667. The zero-order valence-corrected chi connectivity index (χ0v) is 6.49. The van der Waals surface area contributed by atoms with Crippen molar-refractivity contribution in [2.24, 2.45) is 5.73 Å². The van der Waals surface area contributed by atoms with E-state index in [0.29, 0.717) is 0 Å². The predicted molar refractivity (Wildman–Crippen MR) is 40.2 cm³/mol. The lowest BCUT2D eigenvalue weighted by Gasteiger charge is -2.15. The van der Waals surface area contributed by atoms with E-state index in [1.807, 2.05) is 0 Å². The van der Waals surface area contributed by atoms with Gasteiger partial charge < -0.3 is 16.2 Å². The quantitative estimate of drug-likeness (QED) is 0.424. The first-order valence-electron chi connectivity index (χ1n) is 3.59. The van der Waals surface area contributed by atoms with Crippen molar-refractivity contribution in [3.63, 3.8) is 0 Å². The van der Waals surface area contributed by atoms with Crippen LogP contribution in [-0.4, -0.2) is 47.7 Å². The van der Waals surface area contributed by atoms with Crippen molar-refractivity contribution < 1.29 is 14.7 Å². The number of urea groups is 1. The minimum atomic E-state index is -0.558. The van der Waals surface area contributed by atoms with Gasteiger partial charge >= 0.3 is 6.03 Å². The molecule has 1 aliphatic rings. The molecule has 1 unspecified atom stereocenters. The largest absolute Gasteiger partial charge is 0.395 e. The molecular weight excluding hydrogens is 162 g/mol. The highest BCUT2D eigenvalue weighted by molar-refractivity contribution is 6.01. The summed E-state index contributed by atoms with van der Waals surface area (Å²) >= 11 is 0. The summed E-state index contributed by atoms with van der Waals surface area (Å²) in [7, 11) is 0. The Hall–Kier alpha value is -1.14. The third-order valence-corrected chi connectivity index (χ3v) is 1.59. The third kappa shape index (κ3) is 1.72. The van der Waals surface area contributed by atoms with Gasteiger partial charge in [0, 0.05) is 12.6 Å². The normalized spacial score (nSPS) is 19.7. The molecule has 1 fully saturated rings. The van der Waals surface area contributed by atoms with Crippen molar-refractivity contribution in [3.8, 4) is 0 Å². The van der Waals surface area contributed by atoms with Crippen LogP contribution in [0, 0.1) is 0 Å². The number of aliphatic hydroxyl groups is 1. The zero-order valence-electron chi connectivity index (χ0n) is 6.49. The number of aliphatic hydroxyl groups excluding tert-OH is 1. The molecule has 68 valence electrons. The van der Waals surface area contributed by atoms with Crippen molar-refractivity contribution in [2.45, 2.75) is 6.04 Å². The Kier molecular flexibility index (Phi) is 2.61. The van der Waals surface area contributed by atoms with Gasteiger partial charge in [-0.05, 0) is 0 Å². The molecule has 6 heteroatoms. The third-order valence-electron chi connectivity index (χ3n) is 1.59. The lowest BCUT2D eigenvalue weighted by Crippen LogP contribution is -2.43. The maximum atomic E-state index is 10.9. The average molecular weight is 173 g/mol. The Labute approximate surface area is 69.3 Å². The highest BCUT2D eigenvalue weighted by Gasteiger charge is 2.29. The van der Waals surface area contributed by atoms with Crippen molar-refractivity contribution >= 4 is 11.9 Å². The van der Waals surface area contributed by atoms with Crippen LogP contribution in [0.2, 0.25) is 0 Å². The molecule has 1 aliphatic heterocycles. The molecule has 0 radical (unpaired) electrons. The summed E-state index contributed by atoms with van der Waals surface area (Å²) in [6, 6.07) is -0.998. The van der Waals surface area contributed by atoms with Crippen LogP contribution in [0.4, 0.5) is 4.79 Å². The molecule has 3 amide bonds. The van der Waals surface area contributed by atoms with Gasteiger partial charge in [-0.25, -0.2) is 4.79 Å². The molecule has 0 bridgehead atoms. The Bertz CT molecular complexity index is 190. The standard InChI is InChI=1S/C6H11N3O3/c7-4(3-10)2-9-5(11)1-8-6(9)12/h4,10H,1-3,7H2,(H,8,12). The predicted octanol–water partition coefficient (Wildman–Crippen LogP) is -2.14. The van der Waals surface area contributed by atoms with Gasteiger partial charge in [-0.1, -0.05) is 0 Å². The smallest absolute Gasteiger partial charge is 0.324 e. The number of amides is 3. The van der Waals surface area contributed by atoms with Crippen LogP contribution in [0.15, 0.2) is 0 Å². The van der Waals surface area contributed by atoms with E-state index in [4.69, 9.17) is 10.8 Å². The van der Waals surface area contributed by atoms with E-state index in [9.17, 15) is 9.59 Å². The number of imide groups is 1. The summed E-state index contributed by atoms with van der Waals surface area (Å²) in [6.45, 7) is -0.144. The van der Waals surface area contributed by atoms with Crippen LogP contribution in [0.5, 0.6) is 0 Å². The van der Waals surface area contributed by atoms with Gasteiger partial charge in [0.1, 0.15) is 0 Å². The van der Waals surface area contributed by atoms with E-state index < -0.39 is 12.1 Å². The number of carbonyl (C=O) groups is 2. The maximum absolute atomic E-state index is 10.9. The number of nitrogens with zero attached hydrogens (tertiary/aromatic N) is 1. The minimum absolute atomic E-state index is 0.0248. The van der Waals surface area contributed by atoms with Crippen molar-refractivity contribution in [2.75, 3.05) is 19.7 Å². The number of nitrogens with one attached hydrogen (secondary N) is 1. The van der Waals surface area contributed by atoms with E-state index >= 15 is 0 Å². The Morgan fingerprint density at radius 2 is 2.33 bits per heavy atom. The molecule has 0 aliphatic carbocycles. The second kappa shape index (κ2) is 3.51. The van der Waals surface area contributed by atoms with Crippen LogP contribution in [0.3, 0.4) is 0 Å². The Morgan fingerprint density at radius 3 is 2.75 bits per heavy atom. The molecule has 12 heavy (non-hydrogen) atoms. The summed E-state index contributed by atoms with van der Waals surface area (Å²) in [5, 5.41) is 10.9. The van der Waals surface area contributed by atoms with E-state index in [1.165, 1.54) is 0 Å². The monoisotopic (exact) mass is 173 g/mol. The molecule has 0 aromatic rings. The molecule has 0 aromatic carbocycles. The number of hydrogen-bond donors (Lipinski definition) is 3. The van der Waals surface area contributed by atoms with Gasteiger partial charge in [0.05, 0.1) is 13.2 Å². The molecule has 4 N–H and O–H groups in total. The van der Waals surface area contributed by atoms with Crippen LogP contribution >= 0.6 is 0 Å². The second-order valence-corrected chi connectivity index (χ2v) is 2.61. The first-order chi connectivity index (χ1) is 5.65. The molecule has 0 aromatic heterocycles. The highest BCUT2D eigenvalue weighted by Crippen LogP contribution is 1.98. The van der Waals surface area contributed by atoms with Crippen molar-refractivity contribution in [1.29, 1.82) is 0 Å². The molecular formula is C6H11N3O3. The van der Waals surface area contributed by atoms with Crippen LogP contribution in [0.25, 0.3) is 0 Å². The fourth-order valence-electron chi connectivity index (χ4n) is 0.932. The summed E-state index contributed by atoms with van der Waals surface area (Å²) in [6.07, 6.45) is 0. The van der Waals surface area contributed by atoms with E-state index in [1.54, 1.807) is 0 Å². The molecule has 0 spiro atoms. The number of hydrogen-bond acceptors (Lipinski definition) is 4. The summed E-state index contributed by atoms with van der Waals surface area (Å²) in [4.78, 5) is 22.8. The van der Waals surface area contributed by atoms with Gasteiger partial charge in [-0.2, -0.15) is 0 Å². The number of carbonyl (C=O) groups excluding carboxylic acids is 2. The molecule has 6 nitrogen and oxygen atoms in total. The molecule has 0 saturated carbocycles. The first kappa shape index (κ1) is 8.95. The zero-order chi connectivity index (χ0) is 9.14. The summed E-state index contributed by atoms with van der Waals surface area (Å²) in [5.74, 6) is -0.302. The Morgan fingerprint density at radius 1 is 1.67 bits per heavy atom. The Balaban J connectivity index is 2.50. The van der Waals surface area contributed by atoms with Crippen molar-refractivity contribution in [1.82, 2.24) is 10.2 Å². The molecule has 1 heterocycles. The van der Waals surface area contributed by atoms with Gasteiger partial charge in [0.15, 0.2) is 0 Å². The van der Waals surface area contributed by atoms with E-state index in [0.717, 1.165) is 4.90 Å². The molecule has 1 rings (SSSR count). The number of nitrogens with two attached hydrogens (primary N) is 1. The lowest BCUT2D eigenvalue weighted by molar-refractivity contribution is -0.125. The van der Waals surface area contributed by atoms with Gasteiger partial charge in [-0.3, -0.25) is 9.69 Å². The minimum Gasteiger partial charge on any atom is -0.395 e. The maximum Gasteiger partial charge on any atom is 0.324 e. The van der Waals surface area contributed by atoms with Gasteiger partial charge in [0.2, 0.25) is 5.91 Å². The lowest BCUT2D eigenvalue weighted by atomic mass is 10.3. The van der Waals surface area contributed by atoms with E-state index in [2.05, 4.69) is 5.32 Å². The first-order valence-corrected chi connectivity index (χ1v) is 3.59. The second-order valence-electron chi connectivity index (χ2n) is 2.61. The van der Waals surface area contributed by atoms with Gasteiger partial charge in [-0.15, -0.1) is 0 Å². The number of rotatable bonds is 3. The molecule has 1 saturated heterocycles. The van der Waals surface area contributed by atoms with Crippen LogP contribution in [-0.2, 0) is 4.79 Å². The van der Waals surface area contributed by atoms with E-state index in [-0.39, 0.29) is 25.6 Å². The average Bonchev–Trinajstić information content (AvgIpc) is 2.35. The van der Waals surface area contributed by atoms with Crippen LogP contribution in [0.1, 0.15) is 0 Å². The molecule has 1 atom stereocenters. The summed E-state index contributed by atoms with van der Waals surface area (Å²) in [5.41, 5.74) is 5.35. The van der Waals surface area contributed by atoms with Gasteiger partial charge in [0.25, 0.3) is 0 Å². The fourth-order valence-corrected chi connectivity index (χ4v) is 0.932. The van der Waals surface area contributed by atoms with Crippen LogP contribution < -0.4 is 11.1 Å². The van der Waals surface area contributed by atoms with Crippen molar-refractivity contribution in [3.05, 3.63) is 0 Å². The highest BCUT2D eigenvalue weighted by atomic mass is 16.3. The summed E-state index contributed by atoms with van der Waals surface area (Å²) < 4.78 is 0. The SMILES string of the molecule is NC(CO)CN1C(=O)CNC1=O.